The number of ether oxygens (including phenoxy) is 1. The summed E-state index contributed by atoms with van der Waals surface area (Å²) in [7, 11) is 0. The number of carbonyl (C=O) groups excluding carboxylic acids is 1. The monoisotopic (exact) mass is 272 g/mol. The molecule has 7 nitrogen and oxygen atoms in total. The summed E-state index contributed by atoms with van der Waals surface area (Å²) in [6.45, 7) is 1.21. The average molecular weight is 272 g/mol. The Bertz CT molecular complexity index is 712. The van der Waals surface area contributed by atoms with Gasteiger partial charge in [0.2, 0.25) is 5.78 Å². The molecule has 1 aliphatic heterocycles. The van der Waals surface area contributed by atoms with Crippen molar-refractivity contribution >= 4 is 11.5 Å². The van der Waals surface area contributed by atoms with Crippen molar-refractivity contribution in [2.75, 3.05) is 13.2 Å². The van der Waals surface area contributed by atoms with E-state index < -0.39 is 0 Å². The van der Waals surface area contributed by atoms with Gasteiger partial charge in [0.1, 0.15) is 18.1 Å². The topological polar surface area (TPSA) is 88.2 Å². The number of nitrogens with zero attached hydrogens (tertiary/aromatic N) is 3. The van der Waals surface area contributed by atoms with E-state index in [4.69, 9.17) is 4.74 Å². The third kappa shape index (κ3) is 2.33. The van der Waals surface area contributed by atoms with Crippen LogP contribution in [0.2, 0.25) is 0 Å². The molecule has 0 atom stereocenters. The van der Waals surface area contributed by atoms with Gasteiger partial charge in [-0.15, -0.1) is 10.2 Å². The molecule has 1 saturated heterocycles. The standard InChI is InChI=1S/C13H12N4O3/c18-11-7-10-12(20-6-4-14-10)8-9(11)15-16-13-3-1-2-5-17(13)19/h1-3,5,7-8,14,19H,4,6H2. The average Bonchev–Trinajstić information content (AvgIpc) is 2.46. The molecule has 7 heteroatoms. The van der Waals surface area contributed by atoms with Gasteiger partial charge in [-0.2, -0.15) is 4.73 Å². The highest BCUT2D eigenvalue weighted by molar-refractivity contribution is 6.49. The maximum absolute atomic E-state index is 11.9. The van der Waals surface area contributed by atoms with E-state index in [2.05, 4.69) is 15.5 Å². The molecule has 20 heavy (non-hydrogen) atoms. The Kier molecular flexibility index (Phi) is 3.08. The van der Waals surface area contributed by atoms with Crippen LogP contribution in [0.4, 0.5) is 0 Å². The summed E-state index contributed by atoms with van der Waals surface area (Å²) < 4.78 is 6.26. The Balaban J connectivity index is 1.95. The maximum atomic E-state index is 11.9. The minimum atomic E-state index is -0.258. The van der Waals surface area contributed by atoms with Gasteiger partial charge in [0.15, 0.2) is 5.49 Å². The molecule has 0 aromatic carbocycles. The lowest BCUT2D eigenvalue weighted by Gasteiger charge is -2.23. The first-order valence-electron chi connectivity index (χ1n) is 6.07. The molecule has 2 aliphatic rings. The van der Waals surface area contributed by atoms with E-state index in [0.29, 0.717) is 24.6 Å². The molecular formula is C13H12N4O3. The van der Waals surface area contributed by atoms with Crippen LogP contribution in [0.25, 0.3) is 0 Å². The van der Waals surface area contributed by atoms with Crippen molar-refractivity contribution in [3.8, 4) is 0 Å². The molecule has 0 spiro atoms. The number of rotatable bonds is 1. The number of hydrogen-bond acceptors (Lipinski definition) is 6. The highest BCUT2D eigenvalue weighted by atomic mass is 16.5. The highest BCUT2D eigenvalue weighted by Crippen LogP contribution is 2.17. The maximum Gasteiger partial charge on any atom is 0.208 e. The van der Waals surface area contributed by atoms with E-state index >= 15 is 0 Å². The van der Waals surface area contributed by atoms with E-state index in [0.717, 1.165) is 4.73 Å². The lowest BCUT2D eigenvalue weighted by molar-refractivity contribution is -0.109. The molecule has 1 aliphatic carbocycles. The first-order chi connectivity index (χ1) is 9.74. The summed E-state index contributed by atoms with van der Waals surface area (Å²) >= 11 is 0. The van der Waals surface area contributed by atoms with Gasteiger partial charge in [-0.25, -0.2) is 0 Å². The summed E-state index contributed by atoms with van der Waals surface area (Å²) in [6, 6.07) is 4.93. The van der Waals surface area contributed by atoms with Gasteiger partial charge in [0, 0.05) is 24.9 Å². The number of ketones is 1. The van der Waals surface area contributed by atoms with Crippen LogP contribution in [0.5, 0.6) is 0 Å². The zero-order valence-electron chi connectivity index (χ0n) is 10.5. The van der Waals surface area contributed by atoms with E-state index in [1.807, 2.05) is 0 Å². The Labute approximate surface area is 114 Å². The molecular weight excluding hydrogens is 260 g/mol. The molecule has 0 bridgehead atoms. The molecule has 0 saturated carbocycles. The van der Waals surface area contributed by atoms with Crippen LogP contribution in [0.1, 0.15) is 0 Å². The molecule has 1 fully saturated rings. The van der Waals surface area contributed by atoms with Crippen LogP contribution in [0.15, 0.2) is 58.2 Å². The highest BCUT2D eigenvalue weighted by Gasteiger charge is 2.22. The summed E-state index contributed by atoms with van der Waals surface area (Å²) in [5.74, 6) is 0.320. The van der Waals surface area contributed by atoms with Crippen LogP contribution in [0.3, 0.4) is 0 Å². The van der Waals surface area contributed by atoms with Gasteiger partial charge in [0.25, 0.3) is 0 Å². The number of carbonyl (C=O) groups is 1. The van der Waals surface area contributed by atoms with Crippen LogP contribution in [-0.2, 0) is 9.53 Å². The lowest BCUT2D eigenvalue weighted by atomic mass is 10.1. The van der Waals surface area contributed by atoms with Crippen LogP contribution >= 0.6 is 0 Å². The van der Waals surface area contributed by atoms with Crippen molar-refractivity contribution in [2.24, 2.45) is 10.2 Å². The molecule has 0 unspecified atom stereocenters. The van der Waals surface area contributed by atoms with Gasteiger partial charge in [0.05, 0.1) is 5.70 Å². The van der Waals surface area contributed by atoms with E-state index in [1.54, 1.807) is 18.2 Å². The Morgan fingerprint density at radius 1 is 1.30 bits per heavy atom. The molecule has 102 valence electrons. The lowest BCUT2D eigenvalue weighted by Crippen LogP contribution is -2.31. The third-order valence-electron chi connectivity index (χ3n) is 2.81. The van der Waals surface area contributed by atoms with Gasteiger partial charge >= 0.3 is 0 Å². The zero-order valence-corrected chi connectivity index (χ0v) is 10.5. The second-order valence-electron chi connectivity index (χ2n) is 4.19. The van der Waals surface area contributed by atoms with Crippen LogP contribution in [-0.4, -0.2) is 34.6 Å². The quantitative estimate of drug-likeness (QED) is 0.426. The Morgan fingerprint density at radius 3 is 3.05 bits per heavy atom. The number of nitrogens with one attached hydrogen (secondary N) is 1. The van der Waals surface area contributed by atoms with Crippen molar-refractivity contribution < 1.29 is 14.7 Å². The van der Waals surface area contributed by atoms with E-state index in [-0.39, 0.29) is 17.0 Å². The second kappa shape index (κ2) is 5.04. The number of morpholine rings is 1. The summed E-state index contributed by atoms with van der Waals surface area (Å²) in [5, 5.41) is 20.3. The van der Waals surface area contributed by atoms with Gasteiger partial charge in [-0.1, -0.05) is 6.07 Å². The molecule has 2 heterocycles. The molecule has 1 aromatic heterocycles. The smallest absolute Gasteiger partial charge is 0.208 e. The number of fused-ring (bicyclic) bond motifs is 1. The fourth-order valence-corrected chi connectivity index (χ4v) is 1.84. The van der Waals surface area contributed by atoms with Gasteiger partial charge in [-0.3, -0.25) is 4.79 Å². The molecule has 2 N–H and O–H groups in total. The fourth-order valence-electron chi connectivity index (χ4n) is 1.84. The van der Waals surface area contributed by atoms with Crippen molar-refractivity contribution in [3.05, 3.63) is 53.5 Å². The van der Waals surface area contributed by atoms with Crippen molar-refractivity contribution in [1.29, 1.82) is 0 Å². The summed E-state index contributed by atoms with van der Waals surface area (Å²) in [6.07, 6.45) is 4.39. The van der Waals surface area contributed by atoms with Gasteiger partial charge in [-0.05, 0) is 12.1 Å². The molecule has 3 rings (SSSR count). The predicted molar refractivity (Wildman–Crippen MR) is 69.7 cm³/mol. The predicted octanol–water partition coefficient (Wildman–Crippen LogP) is -0.0476. The van der Waals surface area contributed by atoms with Crippen LogP contribution < -0.4 is 10.8 Å². The minimum absolute atomic E-state index is 0.163. The number of allylic oxidation sites excluding steroid dienone is 2. The number of pyridine rings is 1. The minimum Gasteiger partial charge on any atom is -0.490 e. The first kappa shape index (κ1) is 12.2. The molecule has 0 amide bonds. The SMILES string of the molecule is O=C1C=C2NCCOC2=CC1=NN=c1ccccn1O. The van der Waals surface area contributed by atoms with Crippen LogP contribution in [0, 0.1) is 0 Å². The van der Waals surface area contributed by atoms with Gasteiger partial charge < -0.3 is 15.3 Å². The normalized spacial score (nSPS) is 20.7. The van der Waals surface area contributed by atoms with Crippen molar-refractivity contribution in [3.63, 3.8) is 0 Å². The first-order valence-corrected chi connectivity index (χ1v) is 6.07. The van der Waals surface area contributed by atoms with Crippen molar-refractivity contribution in [2.45, 2.75) is 0 Å². The largest absolute Gasteiger partial charge is 0.490 e. The Hall–Kier alpha value is -2.83. The summed E-state index contributed by atoms with van der Waals surface area (Å²) in [5.41, 5.74) is 1.05. The fraction of sp³-hybridized carbons (Fsp3) is 0.154. The number of hydrogen-bond donors (Lipinski definition) is 2. The van der Waals surface area contributed by atoms with E-state index in [9.17, 15) is 10.0 Å². The molecule has 1 aromatic rings. The Morgan fingerprint density at radius 2 is 2.20 bits per heavy atom. The second-order valence-corrected chi connectivity index (χ2v) is 4.19. The van der Waals surface area contributed by atoms with E-state index in [1.165, 1.54) is 18.3 Å². The summed E-state index contributed by atoms with van der Waals surface area (Å²) in [4.78, 5) is 11.9. The third-order valence-corrected chi connectivity index (χ3v) is 2.81. The van der Waals surface area contributed by atoms with Crippen molar-refractivity contribution in [1.82, 2.24) is 10.0 Å². The number of aromatic nitrogens is 1. The zero-order chi connectivity index (χ0) is 13.9. The molecule has 0 radical (unpaired) electrons.